The van der Waals surface area contributed by atoms with Crippen molar-refractivity contribution < 1.29 is 9.53 Å². The van der Waals surface area contributed by atoms with Gasteiger partial charge in [-0.3, -0.25) is 4.79 Å². The first-order valence-electron chi connectivity index (χ1n) is 10.7. The largest absolute Gasteiger partial charge is 0.376 e. The number of ether oxygens (including phenoxy) is 1. The second-order valence-electron chi connectivity index (χ2n) is 7.88. The number of thioether (sulfide) groups is 1. The van der Waals surface area contributed by atoms with E-state index in [0.717, 1.165) is 71.9 Å². The number of likely N-dealkylation sites (tertiary alicyclic amines) is 1. The van der Waals surface area contributed by atoms with Crippen LogP contribution >= 0.6 is 34.4 Å². The molecule has 2 aromatic heterocycles. The molecule has 2 saturated heterocycles. The highest BCUT2D eigenvalue weighted by atomic mass is 32.2. The first-order chi connectivity index (χ1) is 15.2. The van der Waals surface area contributed by atoms with Gasteiger partial charge in [0.1, 0.15) is 0 Å². The zero-order valence-electron chi connectivity index (χ0n) is 17.2. The standard InChI is InChI=1S/C21H25N5O2S3/c27-18(13-29-21-25-24-20(31-21)22-11-15-6-4-10-28-15)26-9-3-5-14(12-26)19-23-16-7-1-2-8-17(16)30-19/h1-2,7-8,14-15H,3-6,9-13H2,(H,22,24)/t14-,15+/m0/s1. The maximum Gasteiger partial charge on any atom is 0.233 e. The van der Waals surface area contributed by atoms with Crippen LogP contribution < -0.4 is 5.32 Å². The van der Waals surface area contributed by atoms with Gasteiger partial charge in [-0.1, -0.05) is 35.2 Å². The molecule has 1 aromatic carbocycles. The first kappa shape index (κ1) is 21.1. The lowest BCUT2D eigenvalue weighted by molar-refractivity contribution is -0.129. The Kier molecular flexibility index (Phi) is 6.68. The summed E-state index contributed by atoms with van der Waals surface area (Å²) in [6, 6.07) is 8.25. The number of benzene rings is 1. The molecule has 10 heteroatoms. The number of thiazole rings is 1. The number of nitrogens with one attached hydrogen (secondary N) is 1. The van der Waals surface area contributed by atoms with Crippen LogP contribution in [0.25, 0.3) is 10.2 Å². The fraction of sp³-hybridized carbons (Fsp3) is 0.524. The number of carbonyl (C=O) groups excluding carboxylic acids is 1. The van der Waals surface area contributed by atoms with Crippen molar-refractivity contribution >= 4 is 55.7 Å². The maximum atomic E-state index is 12.8. The van der Waals surface area contributed by atoms with Gasteiger partial charge in [-0.15, -0.1) is 21.5 Å². The molecule has 2 aliphatic rings. The molecular formula is C21H25N5O2S3. The molecule has 1 amide bonds. The zero-order chi connectivity index (χ0) is 21.0. The van der Waals surface area contributed by atoms with Gasteiger partial charge in [0.25, 0.3) is 0 Å². The molecule has 4 heterocycles. The number of rotatable bonds is 7. The van der Waals surface area contributed by atoms with Crippen LogP contribution in [0.4, 0.5) is 5.13 Å². The Balaban J connectivity index is 1.12. The molecular weight excluding hydrogens is 450 g/mol. The lowest BCUT2D eigenvalue weighted by Gasteiger charge is -2.31. The van der Waals surface area contributed by atoms with Gasteiger partial charge < -0.3 is 15.0 Å². The Labute approximate surface area is 193 Å². The van der Waals surface area contributed by atoms with E-state index in [-0.39, 0.29) is 12.0 Å². The van der Waals surface area contributed by atoms with Crippen molar-refractivity contribution in [3.8, 4) is 0 Å². The smallest absolute Gasteiger partial charge is 0.233 e. The van der Waals surface area contributed by atoms with Crippen molar-refractivity contribution in [2.75, 3.05) is 37.3 Å². The number of piperidine rings is 1. The molecule has 2 atom stereocenters. The first-order valence-corrected chi connectivity index (χ1v) is 13.3. The van der Waals surface area contributed by atoms with Crippen molar-refractivity contribution in [3.05, 3.63) is 29.3 Å². The van der Waals surface area contributed by atoms with Crippen molar-refractivity contribution in [1.29, 1.82) is 0 Å². The van der Waals surface area contributed by atoms with Crippen molar-refractivity contribution in [2.45, 2.75) is 42.0 Å². The van der Waals surface area contributed by atoms with Crippen LogP contribution in [0.5, 0.6) is 0 Å². The quantitative estimate of drug-likeness (QED) is 0.512. The minimum absolute atomic E-state index is 0.167. The average Bonchev–Trinajstić information content (AvgIpc) is 3.56. The van der Waals surface area contributed by atoms with Gasteiger partial charge in [-0.05, 0) is 37.8 Å². The highest BCUT2D eigenvalue weighted by molar-refractivity contribution is 8.01. The Morgan fingerprint density at radius 3 is 3.03 bits per heavy atom. The summed E-state index contributed by atoms with van der Waals surface area (Å²) in [7, 11) is 0. The van der Waals surface area contributed by atoms with E-state index in [4.69, 9.17) is 9.72 Å². The Hall–Kier alpha value is -1.75. The number of amides is 1. The van der Waals surface area contributed by atoms with E-state index >= 15 is 0 Å². The summed E-state index contributed by atoms with van der Waals surface area (Å²) in [6.45, 7) is 3.19. The molecule has 164 valence electrons. The molecule has 2 fully saturated rings. The van der Waals surface area contributed by atoms with Crippen LogP contribution in [-0.2, 0) is 9.53 Å². The maximum absolute atomic E-state index is 12.8. The van der Waals surface area contributed by atoms with Gasteiger partial charge in [0.05, 0.1) is 27.1 Å². The predicted octanol–water partition coefficient (Wildman–Crippen LogP) is 4.24. The highest BCUT2D eigenvalue weighted by Gasteiger charge is 2.27. The van der Waals surface area contributed by atoms with Crippen LogP contribution in [-0.4, -0.2) is 64.1 Å². The van der Waals surface area contributed by atoms with E-state index in [1.54, 1.807) is 11.3 Å². The molecule has 0 spiro atoms. The fourth-order valence-corrected chi connectivity index (χ4v) is 6.79. The number of carbonyl (C=O) groups is 1. The van der Waals surface area contributed by atoms with Crippen LogP contribution in [0.3, 0.4) is 0 Å². The van der Waals surface area contributed by atoms with Gasteiger partial charge in [0.15, 0.2) is 4.34 Å². The van der Waals surface area contributed by atoms with Crippen LogP contribution in [0, 0.1) is 0 Å². The molecule has 0 bridgehead atoms. The van der Waals surface area contributed by atoms with Gasteiger partial charge in [-0.25, -0.2) is 4.98 Å². The zero-order valence-corrected chi connectivity index (χ0v) is 19.6. The van der Waals surface area contributed by atoms with E-state index in [0.29, 0.717) is 11.7 Å². The molecule has 7 nitrogen and oxygen atoms in total. The molecule has 3 aromatic rings. The van der Waals surface area contributed by atoms with E-state index in [2.05, 4.69) is 33.7 Å². The van der Waals surface area contributed by atoms with E-state index in [1.807, 2.05) is 11.0 Å². The lowest BCUT2D eigenvalue weighted by atomic mass is 9.99. The second kappa shape index (κ2) is 9.81. The van der Waals surface area contributed by atoms with Crippen LogP contribution in [0.1, 0.15) is 36.6 Å². The number of anilines is 1. The third kappa shape index (κ3) is 5.19. The van der Waals surface area contributed by atoms with Crippen molar-refractivity contribution in [1.82, 2.24) is 20.1 Å². The highest BCUT2D eigenvalue weighted by Crippen LogP contribution is 2.33. The summed E-state index contributed by atoms with van der Waals surface area (Å²) >= 11 is 4.73. The molecule has 0 aliphatic carbocycles. The SMILES string of the molecule is O=C(CSc1nnc(NC[C@H]2CCCO2)s1)N1CCC[C@H](c2nc3ccccc3s2)C1. The third-order valence-electron chi connectivity index (χ3n) is 5.66. The van der Waals surface area contributed by atoms with Crippen LogP contribution in [0.15, 0.2) is 28.6 Å². The van der Waals surface area contributed by atoms with E-state index < -0.39 is 0 Å². The number of hydrogen-bond acceptors (Lipinski definition) is 9. The van der Waals surface area contributed by atoms with E-state index in [1.165, 1.54) is 27.8 Å². The molecule has 2 aliphatic heterocycles. The normalized spacial score (nSPS) is 21.6. The van der Waals surface area contributed by atoms with Gasteiger partial charge in [-0.2, -0.15) is 0 Å². The minimum atomic E-state index is 0.167. The number of fused-ring (bicyclic) bond motifs is 1. The summed E-state index contributed by atoms with van der Waals surface area (Å²) in [5.41, 5.74) is 1.06. The van der Waals surface area contributed by atoms with Crippen molar-refractivity contribution in [2.24, 2.45) is 0 Å². The average molecular weight is 476 g/mol. The van der Waals surface area contributed by atoms with Gasteiger partial charge in [0.2, 0.25) is 11.0 Å². The van der Waals surface area contributed by atoms with Crippen molar-refractivity contribution in [3.63, 3.8) is 0 Å². The Morgan fingerprint density at radius 2 is 2.16 bits per heavy atom. The summed E-state index contributed by atoms with van der Waals surface area (Å²) in [5.74, 6) is 0.891. The predicted molar refractivity (Wildman–Crippen MR) is 126 cm³/mol. The van der Waals surface area contributed by atoms with Gasteiger partial charge >= 0.3 is 0 Å². The number of aromatic nitrogens is 3. The fourth-order valence-electron chi connectivity index (χ4n) is 4.03. The Morgan fingerprint density at radius 1 is 1.23 bits per heavy atom. The molecule has 1 N–H and O–H groups in total. The topological polar surface area (TPSA) is 80.2 Å². The summed E-state index contributed by atoms with van der Waals surface area (Å²) in [4.78, 5) is 19.6. The summed E-state index contributed by atoms with van der Waals surface area (Å²) in [6.07, 6.45) is 4.60. The third-order valence-corrected chi connectivity index (χ3v) is 8.86. The minimum Gasteiger partial charge on any atom is -0.376 e. The molecule has 5 rings (SSSR count). The molecule has 0 radical (unpaired) electrons. The molecule has 0 unspecified atom stereocenters. The monoisotopic (exact) mass is 475 g/mol. The second-order valence-corrected chi connectivity index (χ2v) is 11.1. The van der Waals surface area contributed by atoms with Gasteiger partial charge in [0, 0.05) is 32.2 Å². The van der Waals surface area contributed by atoms with E-state index in [9.17, 15) is 4.79 Å². The molecule has 31 heavy (non-hydrogen) atoms. The summed E-state index contributed by atoms with van der Waals surface area (Å²) in [5, 5.41) is 13.6. The summed E-state index contributed by atoms with van der Waals surface area (Å²) < 4.78 is 7.66. The number of para-hydroxylation sites is 1. The number of nitrogens with zero attached hydrogens (tertiary/aromatic N) is 4. The van der Waals surface area contributed by atoms with Crippen LogP contribution in [0.2, 0.25) is 0 Å². The lowest BCUT2D eigenvalue weighted by Crippen LogP contribution is -2.40. The Bertz CT molecular complexity index is 1000. The number of hydrogen-bond donors (Lipinski definition) is 1. The molecule has 0 saturated carbocycles.